The van der Waals surface area contributed by atoms with E-state index in [1.807, 2.05) is 0 Å². The number of hydrogen-bond acceptors (Lipinski definition) is 4. The molecule has 0 radical (unpaired) electrons. The molecule has 3 aliphatic rings. The number of nitrogen functional groups attached to an aromatic ring is 1. The quantitative estimate of drug-likeness (QED) is 0.264. The van der Waals surface area contributed by atoms with E-state index in [1.54, 1.807) is 0 Å². The van der Waals surface area contributed by atoms with Gasteiger partial charge in [0, 0.05) is 12.3 Å². The summed E-state index contributed by atoms with van der Waals surface area (Å²) in [7, 11) is 0. The Balaban J connectivity index is 1.60. The Morgan fingerprint density at radius 1 is 0.805 bits per heavy atom. The SMILES string of the molecule is CC1C=CN2c3cc(C(C)(C)C)cc4c3C([n+]3ccc(C(C)(C)C)cc3N)(c3cc(-c5ccccc5)ccc3O4)N12. The Hall–Kier alpha value is -4.09. The molecule has 4 aromatic rings. The molecule has 1 aromatic heterocycles. The number of rotatable bonds is 2. The van der Waals surface area contributed by atoms with E-state index in [9.17, 15) is 0 Å². The fourth-order valence-corrected chi connectivity index (χ4v) is 6.68. The summed E-state index contributed by atoms with van der Waals surface area (Å²) in [5, 5.41) is 4.79. The third-order valence-electron chi connectivity index (χ3n) is 8.88. The Bertz CT molecular complexity index is 1730. The number of anilines is 2. The fraction of sp³-hybridized carbons (Fsp3) is 0.306. The lowest BCUT2D eigenvalue weighted by atomic mass is 9.80. The standard InChI is InChI=1S/C36H38N4O/c1-23-15-18-39-29-20-27(35(5,6)7)21-31-33(29)36(40(23)39,38-17-16-26(22-32(38)37)34(2,3)4)28-19-25(13-14-30(28)41-31)24-11-9-8-10-12-24/h8-23,37H,1-7H3/p+1. The number of ether oxygens (including phenoxy) is 1. The summed E-state index contributed by atoms with van der Waals surface area (Å²) in [4.78, 5) is 0. The van der Waals surface area contributed by atoms with Crippen LogP contribution in [0.1, 0.15) is 70.7 Å². The summed E-state index contributed by atoms with van der Waals surface area (Å²) in [5.41, 5.74) is 14.4. The van der Waals surface area contributed by atoms with Gasteiger partial charge in [-0.2, -0.15) is 5.01 Å². The fourth-order valence-electron chi connectivity index (χ4n) is 6.68. The number of pyridine rings is 1. The molecule has 2 atom stereocenters. The van der Waals surface area contributed by atoms with Crippen molar-refractivity contribution in [1.29, 1.82) is 0 Å². The third kappa shape index (κ3) is 3.61. The molecule has 0 amide bonds. The van der Waals surface area contributed by atoms with E-state index >= 15 is 0 Å². The third-order valence-corrected chi connectivity index (χ3v) is 8.88. The smallest absolute Gasteiger partial charge is 0.274 e. The lowest BCUT2D eigenvalue weighted by Gasteiger charge is -2.42. The maximum atomic E-state index is 7.08. The van der Waals surface area contributed by atoms with E-state index in [-0.39, 0.29) is 16.9 Å². The van der Waals surface area contributed by atoms with E-state index in [0.29, 0.717) is 5.82 Å². The Labute approximate surface area is 243 Å². The monoisotopic (exact) mass is 543 g/mol. The molecule has 3 aromatic carbocycles. The van der Waals surface area contributed by atoms with E-state index in [4.69, 9.17) is 10.5 Å². The van der Waals surface area contributed by atoms with Crippen molar-refractivity contribution >= 4 is 11.5 Å². The minimum Gasteiger partial charge on any atom is -0.456 e. The van der Waals surface area contributed by atoms with Gasteiger partial charge in [0.25, 0.3) is 5.82 Å². The summed E-state index contributed by atoms with van der Waals surface area (Å²) >= 11 is 0. The molecule has 5 nitrogen and oxygen atoms in total. The second-order valence-electron chi connectivity index (χ2n) is 13.7. The van der Waals surface area contributed by atoms with Crippen LogP contribution in [-0.4, -0.2) is 11.1 Å². The van der Waals surface area contributed by atoms with Gasteiger partial charge in [0.2, 0.25) is 5.66 Å². The molecule has 4 heterocycles. The molecule has 0 fully saturated rings. The lowest BCUT2D eigenvalue weighted by Crippen LogP contribution is -2.69. The van der Waals surface area contributed by atoms with Crippen LogP contribution in [0.15, 0.2) is 91.3 Å². The molecule has 208 valence electrons. The van der Waals surface area contributed by atoms with Crippen molar-refractivity contribution in [2.75, 3.05) is 10.7 Å². The number of aromatic nitrogens is 1. The molecule has 0 aliphatic carbocycles. The molecule has 0 saturated carbocycles. The maximum Gasteiger partial charge on any atom is 0.274 e. The van der Waals surface area contributed by atoms with E-state index < -0.39 is 5.66 Å². The van der Waals surface area contributed by atoms with E-state index in [1.165, 1.54) is 16.7 Å². The van der Waals surface area contributed by atoms with E-state index in [0.717, 1.165) is 33.9 Å². The van der Waals surface area contributed by atoms with Crippen molar-refractivity contribution in [3.63, 3.8) is 0 Å². The summed E-state index contributed by atoms with van der Waals surface area (Å²) in [6.07, 6.45) is 6.65. The molecule has 7 rings (SSSR count). The normalized spacial score (nSPS) is 21.0. The molecule has 2 N–H and O–H groups in total. The average molecular weight is 544 g/mol. The lowest BCUT2D eigenvalue weighted by molar-refractivity contribution is -0.753. The van der Waals surface area contributed by atoms with Crippen LogP contribution in [-0.2, 0) is 16.5 Å². The van der Waals surface area contributed by atoms with Gasteiger partial charge in [-0.25, -0.2) is 4.57 Å². The van der Waals surface area contributed by atoms with E-state index in [2.05, 4.69) is 154 Å². The summed E-state index contributed by atoms with van der Waals surface area (Å²) in [5.74, 6) is 2.45. The Morgan fingerprint density at radius 3 is 2.22 bits per heavy atom. The summed E-state index contributed by atoms with van der Waals surface area (Å²) in [6.45, 7) is 15.7. The number of nitrogens with two attached hydrogens (primary N) is 1. The molecule has 0 bridgehead atoms. The molecule has 5 heteroatoms. The van der Waals surface area contributed by atoms with Gasteiger partial charge in [-0.05, 0) is 76.4 Å². The number of benzene rings is 3. The van der Waals surface area contributed by atoms with Crippen molar-refractivity contribution in [1.82, 2.24) is 5.01 Å². The van der Waals surface area contributed by atoms with Crippen molar-refractivity contribution in [2.24, 2.45) is 0 Å². The zero-order valence-electron chi connectivity index (χ0n) is 25.1. The topological polar surface area (TPSA) is 45.6 Å². The van der Waals surface area contributed by atoms with Crippen LogP contribution in [0.2, 0.25) is 0 Å². The van der Waals surface area contributed by atoms with Gasteiger partial charge in [-0.15, -0.1) is 0 Å². The van der Waals surface area contributed by atoms with Crippen LogP contribution in [0.3, 0.4) is 0 Å². The van der Waals surface area contributed by atoms with Crippen molar-refractivity contribution in [3.8, 4) is 22.6 Å². The highest BCUT2D eigenvalue weighted by atomic mass is 16.5. The van der Waals surface area contributed by atoms with Crippen molar-refractivity contribution in [3.05, 3.63) is 114 Å². The molecule has 2 unspecified atom stereocenters. The van der Waals surface area contributed by atoms with Gasteiger partial charge < -0.3 is 4.74 Å². The van der Waals surface area contributed by atoms with Crippen LogP contribution in [0, 0.1) is 0 Å². The first-order chi connectivity index (χ1) is 19.4. The molecule has 41 heavy (non-hydrogen) atoms. The van der Waals surface area contributed by atoms with Crippen LogP contribution < -0.4 is 20.0 Å². The van der Waals surface area contributed by atoms with Gasteiger partial charge >= 0.3 is 0 Å². The largest absolute Gasteiger partial charge is 0.456 e. The average Bonchev–Trinajstić information content (AvgIpc) is 3.45. The molecule has 3 aliphatic heterocycles. The van der Waals surface area contributed by atoms with Gasteiger partial charge in [0.15, 0.2) is 0 Å². The molecular formula is C36H39N4O+. The highest BCUT2D eigenvalue weighted by Crippen LogP contribution is 2.60. The highest BCUT2D eigenvalue weighted by Gasteiger charge is 2.63. The number of hydrogen-bond donors (Lipinski definition) is 1. The Kier molecular flexibility index (Phi) is 5.34. The second kappa shape index (κ2) is 8.46. The minimum absolute atomic E-state index is 0.0200. The molecule has 0 saturated heterocycles. The predicted octanol–water partition coefficient (Wildman–Crippen LogP) is 7.63. The number of nitrogens with zero attached hydrogens (tertiary/aromatic N) is 3. The van der Waals surface area contributed by atoms with Crippen LogP contribution in [0.25, 0.3) is 11.1 Å². The predicted molar refractivity (Wildman–Crippen MR) is 166 cm³/mol. The Morgan fingerprint density at radius 2 is 1.54 bits per heavy atom. The minimum atomic E-state index is -0.747. The summed E-state index contributed by atoms with van der Waals surface area (Å²) < 4.78 is 9.09. The first kappa shape index (κ1) is 25.8. The van der Waals surface area contributed by atoms with Gasteiger partial charge in [0.1, 0.15) is 11.5 Å². The van der Waals surface area contributed by atoms with Crippen molar-refractivity contribution in [2.45, 2.75) is 71.0 Å². The van der Waals surface area contributed by atoms with Crippen LogP contribution in [0.4, 0.5) is 11.5 Å². The first-order valence-corrected chi connectivity index (χ1v) is 14.6. The molecular weight excluding hydrogens is 504 g/mol. The maximum absolute atomic E-state index is 7.08. The van der Waals surface area contributed by atoms with Gasteiger partial charge in [-0.1, -0.05) is 77.9 Å². The van der Waals surface area contributed by atoms with Crippen LogP contribution in [0.5, 0.6) is 11.5 Å². The number of fused-ring (bicyclic) bond motifs is 5. The second-order valence-corrected chi connectivity index (χ2v) is 13.7. The molecule has 0 spiro atoms. The highest BCUT2D eigenvalue weighted by molar-refractivity contribution is 5.77. The van der Waals surface area contributed by atoms with Gasteiger partial charge in [-0.3, -0.25) is 10.7 Å². The zero-order valence-corrected chi connectivity index (χ0v) is 25.1. The first-order valence-electron chi connectivity index (χ1n) is 14.6. The van der Waals surface area contributed by atoms with Gasteiger partial charge in [0.05, 0.1) is 29.1 Å². The van der Waals surface area contributed by atoms with Crippen LogP contribution >= 0.6 is 0 Å². The zero-order chi connectivity index (χ0) is 28.9. The number of hydrazine groups is 1. The van der Waals surface area contributed by atoms with Crippen molar-refractivity contribution < 1.29 is 9.30 Å². The summed E-state index contributed by atoms with van der Waals surface area (Å²) in [6, 6.07) is 26.2.